The molecule has 1 amide bonds. The molecule has 3 aromatic heterocycles. The molecule has 0 aliphatic heterocycles. The number of aliphatic carboxylic acids is 1. The highest BCUT2D eigenvalue weighted by molar-refractivity contribution is 7.15. The van der Waals surface area contributed by atoms with Crippen molar-refractivity contribution < 1.29 is 23.9 Å². The predicted molar refractivity (Wildman–Crippen MR) is 151 cm³/mol. The van der Waals surface area contributed by atoms with Crippen LogP contribution in [0, 0.1) is 12.7 Å². The maximum Gasteiger partial charge on any atom is 0.268 e. The molecule has 41 heavy (non-hydrogen) atoms. The van der Waals surface area contributed by atoms with Gasteiger partial charge >= 0.3 is 0 Å². The van der Waals surface area contributed by atoms with Gasteiger partial charge in [-0.05, 0) is 49.6 Å². The molecule has 0 aliphatic rings. The van der Waals surface area contributed by atoms with Crippen LogP contribution in [0.3, 0.4) is 0 Å². The summed E-state index contributed by atoms with van der Waals surface area (Å²) in [5.41, 5.74) is 1.86. The highest BCUT2D eigenvalue weighted by Crippen LogP contribution is 2.32. The van der Waals surface area contributed by atoms with E-state index in [0.717, 1.165) is 15.8 Å². The van der Waals surface area contributed by atoms with Crippen molar-refractivity contribution >= 4 is 39.9 Å². The van der Waals surface area contributed by atoms with E-state index in [1.165, 1.54) is 34.1 Å². The van der Waals surface area contributed by atoms with E-state index in [0.29, 0.717) is 40.6 Å². The van der Waals surface area contributed by atoms with Gasteiger partial charge in [-0.1, -0.05) is 44.2 Å². The number of nitrogens with zero attached hydrogens (tertiary/aromatic N) is 4. The molecule has 0 aliphatic carbocycles. The van der Waals surface area contributed by atoms with Crippen molar-refractivity contribution in [3.8, 4) is 5.00 Å². The third kappa shape index (κ3) is 5.16. The number of carbonyl (C=O) groups is 3. The van der Waals surface area contributed by atoms with E-state index in [4.69, 9.17) is 0 Å². The molecular formula is C30H27FN5O4S-. The highest BCUT2D eigenvalue weighted by Gasteiger charge is 2.26. The van der Waals surface area contributed by atoms with Crippen LogP contribution >= 0.6 is 11.3 Å². The molecule has 3 heterocycles. The van der Waals surface area contributed by atoms with Crippen LogP contribution in [0.2, 0.25) is 0 Å². The van der Waals surface area contributed by atoms with Gasteiger partial charge in [0.25, 0.3) is 5.91 Å². The van der Waals surface area contributed by atoms with Gasteiger partial charge in [-0.15, -0.1) is 21.5 Å². The summed E-state index contributed by atoms with van der Waals surface area (Å²) in [7, 11) is 0. The number of para-hydroxylation sites is 1. The van der Waals surface area contributed by atoms with Crippen molar-refractivity contribution in [2.45, 2.75) is 46.7 Å². The number of hydrogen-bond acceptors (Lipinski definition) is 7. The van der Waals surface area contributed by atoms with Gasteiger partial charge < -0.3 is 19.8 Å². The second-order valence-electron chi connectivity index (χ2n) is 9.43. The second-order valence-corrected chi connectivity index (χ2v) is 10.5. The van der Waals surface area contributed by atoms with E-state index in [2.05, 4.69) is 15.5 Å². The lowest BCUT2D eigenvalue weighted by Gasteiger charge is -2.14. The number of fused-ring (bicyclic) bond motifs is 1. The summed E-state index contributed by atoms with van der Waals surface area (Å²) in [4.78, 5) is 39.5. The van der Waals surface area contributed by atoms with Crippen LogP contribution in [0.25, 0.3) is 15.9 Å². The summed E-state index contributed by atoms with van der Waals surface area (Å²) < 4.78 is 17.7. The maximum absolute atomic E-state index is 14.5. The van der Waals surface area contributed by atoms with Gasteiger partial charge in [-0.2, -0.15) is 0 Å². The number of nitrogens with one attached hydrogen (secondary N) is 1. The van der Waals surface area contributed by atoms with Crippen molar-refractivity contribution in [3.05, 3.63) is 99.3 Å². The van der Waals surface area contributed by atoms with Crippen LogP contribution in [-0.4, -0.2) is 37.0 Å². The molecule has 9 nitrogen and oxygen atoms in total. The molecule has 0 atom stereocenters. The van der Waals surface area contributed by atoms with Crippen LogP contribution in [0.1, 0.15) is 62.3 Å². The molecule has 2 aromatic carbocycles. The Bertz CT molecular complexity index is 1800. The lowest BCUT2D eigenvalue weighted by molar-refractivity contribution is -0.306. The molecule has 0 saturated heterocycles. The quantitative estimate of drug-likeness (QED) is 0.254. The Labute approximate surface area is 239 Å². The highest BCUT2D eigenvalue weighted by atomic mass is 32.1. The number of aryl methyl sites for hydroxylation is 3. The molecule has 0 unspecified atom stereocenters. The van der Waals surface area contributed by atoms with Crippen LogP contribution in [0.4, 0.5) is 4.39 Å². The zero-order valence-electron chi connectivity index (χ0n) is 22.7. The Hall–Kier alpha value is -4.64. The number of carboxylic acids is 1. The van der Waals surface area contributed by atoms with Crippen LogP contribution < -0.4 is 10.4 Å². The van der Waals surface area contributed by atoms with E-state index in [1.54, 1.807) is 35.8 Å². The average Bonchev–Trinajstić information content (AvgIpc) is 3.64. The van der Waals surface area contributed by atoms with Gasteiger partial charge in [0.1, 0.15) is 22.3 Å². The zero-order chi connectivity index (χ0) is 29.3. The van der Waals surface area contributed by atoms with E-state index in [1.807, 2.05) is 26.0 Å². The molecule has 210 valence electrons. The SMILES string of the molecule is CCc1cc(C(=O)c2ccccc2F)c(-n2c(C)nnc2CNC(=O)c2c(CC)c3ccccc3n2CC(=O)[O-])s1. The normalized spacial score (nSPS) is 11.2. The van der Waals surface area contributed by atoms with E-state index >= 15 is 0 Å². The third-order valence-electron chi connectivity index (χ3n) is 6.91. The standard InChI is InChI=1S/C30H28FN5O4S/c1-4-18-14-22(28(39)21-11-6-8-12-23(21)31)30(41-18)36-17(3)33-34-25(36)15-32-29(40)27-19(5-2)20-10-7-9-13-24(20)35(27)16-26(37)38/h6-14H,4-5,15-16H2,1-3H3,(H,32,40)(H,37,38)/p-1. The first-order chi connectivity index (χ1) is 19.7. The topological polar surface area (TPSA) is 122 Å². The molecule has 1 N–H and O–H groups in total. The van der Waals surface area contributed by atoms with Crippen LogP contribution in [0.5, 0.6) is 0 Å². The van der Waals surface area contributed by atoms with Gasteiger partial charge in [-0.3, -0.25) is 14.2 Å². The summed E-state index contributed by atoms with van der Waals surface area (Å²) in [6, 6.07) is 14.8. The molecule has 0 fully saturated rings. The lowest BCUT2D eigenvalue weighted by atomic mass is 10.0. The van der Waals surface area contributed by atoms with Gasteiger partial charge in [0.05, 0.1) is 30.2 Å². The average molecular weight is 573 g/mol. The number of carbonyl (C=O) groups excluding carboxylic acids is 3. The number of thiophene rings is 1. The molecule has 0 bridgehead atoms. The first-order valence-corrected chi connectivity index (χ1v) is 14.0. The minimum absolute atomic E-state index is 0.0392. The van der Waals surface area contributed by atoms with Crippen LogP contribution in [0.15, 0.2) is 54.6 Å². The van der Waals surface area contributed by atoms with E-state index in [9.17, 15) is 23.9 Å². The third-order valence-corrected chi connectivity index (χ3v) is 8.17. The number of halogens is 1. The maximum atomic E-state index is 14.5. The summed E-state index contributed by atoms with van der Waals surface area (Å²) in [6.45, 7) is 5.06. The molecule has 0 saturated carbocycles. The van der Waals surface area contributed by atoms with Crippen molar-refractivity contribution in [2.24, 2.45) is 0 Å². The summed E-state index contributed by atoms with van der Waals surface area (Å²) >= 11 is 1.37. The molecule has 0 radical (unpaired) electrons. The number of benzene rings is 2. The Kier molecular flexibility index (Phi) is 7.80. The van der Waals surface area contributed by atoms with Crippen molar-refractivity contribution in [1.29, 1.82) is 0 Å². The smallest absolute Gasteiger partial charge is 0.268 e. The Morgan fingerprint density at radius 1 is 1.00 bits per heavy atom. The molecular weight excluding hydrogens is 545 g/mol. The Balaban J connectivity index is 1.51. The zero-order valence-corrected chi connectivity index (χ0v) is 23.5. The molecule has 11 heteroatoms. The fraction of sp³-hybridized carbons (Fsp3) is 0.233. The van der Waals surface area contributed by atoms with Gasteiger partial charge in [-0.25, -0.2) is 4.39 Å². The molecule has 0 spiro atoms. The number of aromatic nitrogens is 4. The van der Waals surface area contributed by atoms with Gasteiger partial charge in [0.15, 0.2) is 11.6 Å². The predicted octanol–water partition coefficient (Wildman–Crippen LogP) is 3.77. The monoisotopic (exact) mass is 572 g/mol. The number of carboxylic acid groups (broad SMARTS) is 1. The molecule has 5 aromatic rings. The van der Waals surface area contributed by atoms with Crippen LogP contribution in [-0.2, 0) is 30.7 Å². The largest absolute Gasteiger partial charge is 0.548 e. The number of ketones is 1. The fourth-order valence-electron chi connectivity index (χ4n) is 5.04. The second kappa shape index (κ2) is 11.5. The van der Waals surface area contributed by atoms with Gasteiger partial charge in [0, 0.05) is 15.8 Å². The fourth-order valence-corrected chi connectivity index (χ4v) is 6.20. The number of hydrogen-bond donors (Lipinski definition) is 1. The lowest BCUT2D eigenvalue weighted by Crippen LogP contribution is -2.32. The Morgan fingerprint density at radius 3 is 2.44 bits per heavy atom. The summed E-state index contributed by atoms with van der Waals surface area (Å²) in [5, 5.41) is 24.2. The first kappa shape index (κ1) is 27.9. The van der Waals surface area contributed by atoms with Gasteiger partial charge in [0.2, 0.25) is 0 Å². The summed E-state index contributed by atoms with van der Waals surface area (Å²) in [6.07, 6.45) is 1.17. The minimum atomic E-state index is -1.31. The number of rotatable bonds is 10. The molecule has 5 rings (SSSR count). The minimum Gasteiger partial charge on any atom is -0.548 e. The summed E-state index contributed by atoms with van der Waals surface area (Å²) in [5.74, 6) is -2.01. The van der Waals surface area contributed by atoms with E-state index < -0.39 is 30.0 Å². The van der Waals surface area contributed by atoms with Crippen molar-refractivity contribution in [1.82, 2.24) is 24.6 Å². The number of amides is 1. The first-order valence-electron chi connectivity index (χ1n) is 13.2. The van der Waals surface area contributed by atoms with Crippen molar-refractivity contribution in [2.75, 3.05) is 0 Å². The Morgan fingerprint density at radius 2 is 1.73 bits per heavy atom. The van der Waals surface area contributed by atoms with E-state index in [-0.39, 0.29) is 17.8 Å². The van der Waals surface area contributed by atoms with Crippen molar-refractivity contribution in [3.63, 3.8) is 0 Å².